The predicted octanol–water partition coefficient (Wildman–Crippen LogP) is 2.03. The first-order valence-corrected chi connectivity index (χ1v) is 7.90. The van der Waals surface area contributed by atoms with Crippen LogP contribution < -0.4 is 0 Å². The summed E-state index contributed by atoms with van der Waals surface area (Å²) in [6.07, 6.45) is 1.55. The molecule has 1 aliphatic heterocycles. The van der Waals surface area contributed by atoms with Gasteiger partial charge < -0.3 is 19.2 Å². The van der Waals surface area contributed by atoms with Crippen molar-refractivity contribution in [1.29, 1.82) is 0 Å². The summed E-state index contributed by atoms with van der Waals surface area (Å²) < 4.78 is 10.5. The third-order valence-electron chi connectivity index (χ3n) is 3.87. The van der Waals surface area contributed by atoms with Crippen molar-refractivity contribution in [3.05, 3.63) is 29.0 Å². The number of hydrogen-bond donors (Lipinski definition) is 1. The van der Waals surface area contributed by atoms with Crippen LogP contribution in [-0.4, -0.2) is 52.7 Å². The van der Waals surface area contributed by atoms with Crippen molar-refractivity contribution in [2.24, 2.45) is 0 Å². The molecule has 0 bridgehead atoms. The SMILES string of the molecule is COC1CC(C(=O)O)N(C(=O)c2nc(-c3ccco3)sc2C)C1. The van der Waals surface area contributed by atoms with Crippen LogP contribution in [0.25, 0.3) is 10.8 Å². The Kier molecular flexibility index (Phi) is 4.18. The highest BCUT2D eigenvalue weighted by Crippen LogP contribution is 2.30. The second kappa shape index (κ2) is 6.13. The molecule has 0 aliphatic carbocycles. The number of thiazole rings is 1. The molecule has 23 heavy (non-hydrogen) atoms. The summed E-state index contributed by atoms with van der Waals surface area (Å²) in [4.78, 5) is 30.5. The van der Waals surface area contributed by atoms with Crippen LogP contribution in [0.5, 0.6) is 0 Å². The largest absolute Gasteiger partial charge is 0.480 e. The van der Waals surface area contributed by atoms with Gasteiger partial charge in [-0.15, -0.1) is 11.3 Å². The highest BCUT2D eigenvalue weighted by atomic mass is 32.1. The fraction of sp³-hybridized carbons (Fsp3) is 0.400. The van der Waals surface area contributed by atoms with Crippen LogP contribution in [0.4, 0.5) is 0 Å². The number of carboxylic acids is 1. The molecule has 1 N–H and O–H groups in total. The smallest absolute Gasteiger partial charge is 0.326 e. The summed E-state index contributed by atoms with van der Waals surface area (Å²) >= 11 is 1.34. The molecule has 2 aromatic rings. The lowest BCUT2D eigenvalue weighted by Gasteiger charge is -2.20. The number of ether oxygens (including phenoxy) is 1. The Labute approximate surface area is 136 Å². The Bertz CT molecular complexity index is 724. The maximum absolute atomic E-state index is 12.7. The number of methoxy groups -OCH3 is 1. The zero-order valence-corrected chi connectivity index (χ0v) is 13.5. The maximum atomic E-state index is 12.7. The molecule has 0 aromatic carbocycles. The summed E-state index contributed by atoms with van der Waals surface area (Å²) in [6, 6.07) is 2.63. The van der Waals surface area contributed by atoms with E-state index in [4.69, 9.17) is 9.15 Å². The van der Waals surface area contributed by atoms with Crippen LogP contribution in [0.3, 0.4) is 0 Å². The van der Waals surface area contributed by atoms with Crippen LogP contribution in [0.15, 0.2) is 22.8 Å². The molecule has 1 aliphatic rings. The standard InChI is InChI=1S/C15H16N2O5S/c1-8-12(16-13(23-8)11-4-3-5-22-11)14(18)17-7-9(21-2)6-10(17)15(19)20/h3-5,9-10H,6-7H2,1-2H3,(H,19,20). The second-order valence-electron chi connectivity index (χ2n) is 5.31. The Balaban J connectivity index is 1.89. The van der Waals surface area contributed by atoms with Crippen LogP contribution in [0.2, 0.25) is 0 Å². The molecule has 1 fully saturated rings. The number of carboxylic acid groups (broad SMARTS) is 1. The summed E-state index contributed by atoms with van der Waals surface area (Å²) in [5.74, 6) is -0.830. The van der Waals surface area contributed by atoms with Gasteiger partial charge >= 0.3 is 5.97 Å². The highest BCUT2D eigenvalue weighted by Gasteiger charge is 2.41. The maximum Gasteiger partial charge on any atom is 0.326 e. The Morgan fingerprint density at radius 2 is 2.30 bits per heavy atom. The lowest BCUT2D eigenvalue weighted by Crippen LogP contribution is -2.41. The van der Waals surface area contributed by atoms with Gasteiger partial charge in [-0.25, -0.2) is 9.78 Å². The van der Waals surface area contributed by atoms with Gasteiger partial charge in [-0.2, -0.15) is 0 Å². The molecule has 0 radical (unpaired) electrons. The minimum absolute atomic E-state index is 0.249. The quantitative estimate of drug-likeness (QED) is 0.918. The second-order valence-corrected chi connectivity index (χ2v) is 6.51. The molecule has 2 aromatic heterocycles. The third kappa shape index (κ3) is 2.87. The average Bonchev–Trinajstić information content (AvgIpc) is 3.25. The first-order valence-electron chi connectivity index (χ1n) is 7.09. The van der Waals surface area contributed by atoms with Gasteiger partial charge in [0.25, 0.3) is 5.91 Å². The highest BCUT2D eigenvalue weighted by molar-refractivity contribution is 7.15. The van der Waals surface area contributed by atoms with E-state index in [2.05, 4.69) is 4.98 Å². The zero-order chi connectivity index (χ0) is 16.6. The molecule has 7 nitrogen and oxygen atoms in total. The molecule has 1 amide bonds. The van der Waals surface area contributed by atoms with E-state index in [1.165, 1.54) is 29.6 Å². The molecule has 0 saturated carbocycles. The minimum atomic E-state index is -1.03. The summed E-state index contributed by atoms with van der Waals surface area (Å²) in [5, 5.41) is 9.94. The number of nitrogens with zero attached hydrogens (tertiary/aromatic N) is 2. The van der Waals surface area contributed by atoms with Gasteiger partial charge in [-0.05, 0) is 19.1 Å². The summed E-state index contributed by atoms with van der Waals surface area (Å²) in [7, 11) is 1.51. The Morgan fingerprint density at radius 1 is 1.52 bits per heavy atom. The van der Waals surface area contributed by atoms with E-state index >= 15 is 0 Å². The van der Waals surface area contributed by atoms with Gasteiger partial charge in [0, 0.05) is 25.0 Å². The third-order valence-corrected chi connectivity index (χ3v) is 4.86. The van der Waals surface area contributed by atoms with Crippen molar-refractivity contribution in [3.8, 4) is 10.8 Å². The molecule has 1 saturated heterocycles. The summed E-state index contributed by atoms with van der Waals surface area (Å²) in [5.41, 5.74) is 0.268. The van der Waals surface area contributed by atoms with E-state index in [1.807, 2.05) is 0 Å². The van der Waals surface area contributed by atoms with E-state index in [-0.39, 0.29) is 30.7 Å². The average molecular weight is 336 g/mol. The van der Waals surface area contributed by atoms with Crippen LogP contribution >= 0.6 is 11.3 Å². The normalized spacial score (nSPS) is 20.9. The van der Waals surface area contributed by atoms with E-state index in [0.717, 1.165) is 4.88 Å². The number of hydrogen-bond acceptors (Lipinski definition) is 6. The van der Waals surface area contributed by atoms with Gasteiger partial charge in [-0.3, -0.25) is 4.79 Å². The van der Waals surface area contributed by atoms with E-state index in [1.54, 1.807) is 19.1 Å². The first-order chi connectivity index (χ1) is 11.0. The fourth-order valence-electron chi connectivity index (χ4n) is 2.66. The summed E-state index contributed by atoms with van der Waals surface area (Å²) in [6.45, 7) is 2.04. The van der Waals surface area contributed by atoms with E-state index in [9.17, 15) is 14.7 Å². The fourth-order valence-corrected chi connectivity index (χ4v) is 3.54. The molecule has 2 atom stereocenters. The van der Waals surface area contributed by atoms with E-state index < -0.39 is 12.0 Å². The molecule has 3 rings (SSSR count). The van der Waals surface area contributed by atoms with Crippen molar-refractivity contribution in [1.82, 2.24) is 9.88 Å². The van der Waals surface area contributed by atoms with Crippen molar-refractivity contribution < 1.29 is 23.8 Å². The van der Waals surface area contributed by atoms with Crippen LogP contribution in [0.1, 0.15) is 21.8 Å². The molecule has 2 unspecified atom stereocenters. The lowest BCUT2D eigenvalue weighted by atomic mass is 10.2. The van der Waals surface area contributed by atoms with Crippen LogP contribution in [0, 0.1) is 6.92 Å². The molecular weight excluding hydrogens is 320 g/mol. The molecule has 3 heterocycles. The number of likely N-dealkylation sites (tertiary alicyclic amines) is 1. The zero-order valence-electron chi connectivity index (χ0n) is 12.7. The van der Waals surface area contributed by atoms with Crippen LogP contribution in [-0.2, 0) is 9.53 Å². The predicted molar refractivity (Wildman–Crippen MR) is 82.4 cm³/mol. The van der Waals surface area contributed by atoms with Gasteiger partial charge in [0.2, 0.25) is 0 Å². The number of carbonyl (C=O) groups excluding carboxylic acids is 1. The van der Waals surface area contributed by atoms with Gasteiger partial charge in [0.15, 0.2) is 10.8 Å². The number of furan rings is 1. The minimum Gasteiger partial charge on any atom is -0.480 e. The number of rotatable bonds is 4. The van der Waals surface area contributed by atoms with Crippen molar-refractivity contribution in [2.45, 2.75) is 25.5 Å². The molecule has 8 heteroatoms. The van der Waals surface area contributed by atoms with Gasteiger partial charge in [0.05, 0.1) is 12.4 Å². The monoisotopic (exact) mass is 336 g/mol. The van der Waals surface area contributed by atoms with Crippen molar-refractivity contribution in [3.63, 3.8) is 0 Å². The molecule has 122 valence electrons. The lowest BCUT2D eigenvalue weighted by molar-refractivity contribution is -0.141. The number of aromatic nitrogens is 1. The topological polar surface area (TPSA) is 92.9 Å². The Hall–Kier alpha value is -2.19. The van der Waals surface area contributed by atoms with Crippen molar-refractivity contribution >= 4 is 23.2 Å². The number of amides is 1. The molecular formula is C15H16N2O5S. The molecule has 0 spiro atoms. The van der Waals surface area contributed by atoms with Gasteiger partial charge in [-0.1, -0.05) is 0 Å². The van der Waals surface area contributed by atoms with Gasteiger partial charge in [0.1, 0.15) is 11.7 Å². The van der Waals surface area contributed by atoms with Crippen molar-refractivity contribution in [2.75, 3.05) is 13.7 Å². The number of aryl methyl sites for hydroxylation is 1. The van der Waals surface area contributed by atoms with E-state index in [0.29, 0.717) is 10.8 Å². The first kappa shape index (κ1) is 15.7. The number of carbonyl (C=O) groups is 2. The Morgan fingerprint density at radius 3 is 2.91 bits per heavy atom. The number of aliphatic carboxylic acids is 1.